The van der Waals surface area contributed by atoms with E-state index in [2.05, 4.69) is 26.2 Å². The monoisotopic (exact) mass is 272 g/mol. The SMILES string of the molecule is O=C(Nc1ncc(Br)s1)c1ccoc1. The molecule has 0 saturated carbocycles. The minimum Gasteiger partial charge on any atom is -0.472 e. The van der Waals surface area contributed by atoms with E-state index in [9.17, 15) is 4.79 Å². The fourth-order valence-corrected chi connectivity index (χ4v) is 1.98. The molecule has 0 aromatic carbocycles. The largest absolute Gasteiger partial charge is 0.472 e. The molecule has 14 heavy (non-hydrogen) atoms. The number of amides is 1. The maximum atomic E-state index is 11.5. The first-order chi connectivity index (χ1) is 6.75. The van der Waals surface area contributed by atoms with Crippen molar-refractivity contribution < 1.29 is 9.21 Å². The lowest BCUT2D eigenvalue weighted by Crippen LogP contribution is -2.10. The van der Waals surface area contributed by atoms with Gasteiger partial charge in [-0.1, -0.05) is 11.3 Å². The van der Waals surface area contributed by atoms with Crippen LogP contribution in [0, 0.1) is 0 Å². The summed E-state index contributed by atoms with van der Waals surface area (Å²) in [5, 5.41) is 3.20. The van der Waals surface area contributed by atoms with Crippen molar-refractivity contribution in [3.8, 4) is 0 Å². The number of carbonyl (C=O) groups is 1. The Morgan fingerprint density at radius 1 is 1.64 bits per heavy atom. The first kappa shape index (κ1) is 9.42. The quantitative estimate of drug-likeness (QED) is 0.915. The summed E-state index contributed by atoms with van der Waals surface area (Å²) in [6.45, 7) is 0. The maximum Gasteiger partial charge on any atom is 0.260 e. The molecule has 0 spiro atoms. The van der Waals surface area contributed by atoms with Gasteiger partial charge in [0, 0.05) is 0 Å². The molecule has 2 aromatic rings. The van der Waals surface area contributed by atoms with E-state index in [0.717, 1.165) is 3.79 Å². The normalized spacial score (nSPS) is 10.1. The van der Waals surface area contributed by atoms with Gasteiger partial charge in [-0.2, -0.15) is 0 Å². The Morgan fingerprint density at radius 3 is 3.07 bits per heavy atom. The molecule has 2 rings (SSSR count). The number of hydrogen-bond donors (Lipinski definition) is 1. The first-order valence-corrected chi connectivity index (χ1v) is 5.31. The third-order valence-corrected chi connectivity index (χ3v) is 2.87. The van der Waals surface area contributed by atoms with E-state index in [4.69, 9.17) is 4.42 Å². The molecule has 0 unspecified atom stereocenters. The molecule has 0 bridgehead atoms. The van der Waals surface area contributed by atoms with Crippen LogP contribution in [0.25, 0.3) is 0 Å². The summed E-state index contributed by atoms with van der Waals surface area (Å²) >= 11 is 4.61. The molecular formula is C8H5BrN2O2S. The molecule has 1 amide bonds. The summed E-state index contributed by atoms with van der Waals surface area (Å²) in [5.41, 5.74) is 0.483. The Bertz CT molecular complexity index is 438. The van der Waals surface area contributed by atoms with E-state index in [1.807, 2.05) is 0 Å². The summed E-state index contributed by atoms with van der Waals surface area (Å²) in [5.74, 6) is -0.222. The van der Waals surface area contributed by atoms with Crippen molar-refractivity contribution in [3.63, 3.8) is 0 Å². The molecule has 2 heterocycles. The van der Waals surface area contributed by atoms with Crippen LogP contribution in [0.5, 0.6) is 0 Å². The highest BCUT2D eigenvalue weighted by molar-refractivity contribution is 9.11. The van der Waals surface area contributed by atoms with Crippen LogP contribution in [-0.4, -0.2) is 10.9 Å². The molecule has 0 radical (unpaired) electrons. The lowest BCUT2D eigenvalue weighted by molar-refractivity contribution is 0.102. The maximum absolute atomic E-state index is 11.5. The molecule has 0 aliphatic heterocycles. The van der Waals surface area contributed by atoms with Crippen LogP contribution in [-0.2, 0) is 0 Å². The van der Waals surface area contributed by atoms with Gasteiger partial charge in [0.15, 0.2) is 5.13 Å². The van der Waals surface area contributed by atoms with Gasteiger partial charge in [0.1, 0.15) is 6.26 Å². The number of carbonyl (C=O) groups excluding carboxylic acids is 1. The lowest BCUT2D eigenvalue weighted by atomic mass is 10.3. The van der Waals surface area contributed by atoms with E-state index in [1.54, 1.807) is 12.3 Å². The molecule has 0 aliphatic carbocycles. The molecule has 0 fully saturated rings. The zero-order valence-electron chi connectivity index (χ0n) is 6.86. The average Bonchev–Trinajstić information content (AvgIpc) is 2.75. The third-order valence-electron chi connectivity index (χ3n) is 1.48. The molecular weight excluding hydrogens is 268 g/mol. The predicted molar refractivity (Wildman–Crippen MR) is 56.5 cm³/mol. The van der Waals surface area contributed by atoms with Crippen LogP contribution in [0.15, 0.2) is 33.0 Å². The number of nitrogens with zero attached hydrogens (tertiary/aromatic N) is 1. The number of rotatable bonds is 2. The second-order valence-electron chi connectivity index (χ2n) is 2.44. The zero-order valence-corrected chi connectivity index (χ0v) is 9.26. The van der Waals surface area contributed by atoms with Crippen LogP contribution in [0.1, 0.15) is 10.4 Å². The van der Waals surface area contributed by atoms with Gasteiger partial charge in [0.05, 0.1) is 21.8 Å². The Kier molecular flexibility index (Phi) is 2.64. The van der Waals surface area contributed by atoms with Crippen LogP contribution in [0.2, 0.25) is 0 Å². The van der Waals surface area contributed by atoms with Crippen LogP contribution in [0.4, 0.5) is 5.13 Å². The van der Waals surface area contributed by atoms with Crippen molar-refractivity contribution in [2.45, 2.75) is 0 Å². The number of hydrogen-bond acceptors (Lipinski definition) is 4. The molecule has 4 nitrogen and oxygen atoms in total. The minimum atomic E-state index is -0.222. The fraction of sp³-hybridized carbons (Fsp3) is 0. The van der Waals surface area contributed by atoms with E-state index in [1.165, 1.54) is 23.9 Å². The van der Waals surface area contributed by atoms with Crippen molar-refractivity contribution in [1.82, 2.24) is 4.98 Å². The molecule has 0 saturated heterocycles. The van der Waals surface area contributed by atoms with Gasteiger partial charge in [-0.15, -0.1) is 0 Å². The van der Waals surface area contributed by atoms with Crippen molar-refractivity contribution in [2.24, 2.45) is 0 Å². The average molecular weight is 273 g/mol. The number of furan rings is 1. The van der Waals surface area contributed by atoms with Gasteiger partial charge >= 0.3 is 0 Å². The van der Waals surface area contributed by atoms with Crippen LogP contribution >= 0.6 is 27.3 Å². The number of halogens is 1. The topological polar surface area (TPSA) is 55.1 Å². The Labute approximate surface area is 92.1 Å². The number of thiazole rings is 1. The zero-order chi connectivity index (χ0) is 9.97. The lowest BCUT2D eigenvalue weighted by Gasteiger charge is -1.96. The van der Waals surface area contributed by atoms with Crippen LogP contribution < -0.4 is 5.32 Å². The smallest absolute Gasteiger partial charge is 0.260 e. The highest BCUT2D eigenvalue weighted by Crippen LogP contribution is 2.23. The molecule has 72 valence electrons. The fourth-order valence-electron chi connectivity index (χ4n) is 0.875. The Morgan fingerprint density at radius 2 is 2.50 bits per heavy atom. The van der Waals surface area contributed by atoms with Gasteiger partial charge in [0.2, 0.25) is 0 Å². The molecule has 1 N–H and O–H groups in total. The van der Waals surface area contributed by atoms with Gasteiger partial charge in [0.25, 0.3) is 5.91 Å². The number of aromatic nitrogens is 1. The first-order valence-electron chi connectivity index (χ1n) is 3.70. The van der Waals surface area contributed by atoms with Crippen molar-refractivity contribution in [3.05, 3.63) is 34.1 Å². The third kappa shape index (κ3) is 2.02. The van der Waals surface area contributed by atoms with E-state index in [-0.39, 0.29) is 5.91 Å². The number of nitrogens with one attached hydrogen (secondary N) is 1. The van der Waals surface area contributed by atoms with Gasteiger partial charge in [-0.05, 0) is 22.0 Å². The molecule has 2 aromatic heterocycles. The van der Waals surface area contributed by atoms with E-state index in [0.29, 0.717) is 10.7 Å². The summed E-state index contributed by atoms with van der Waals surface area (Å²) in [6, 6.07) is 1.60. The van der Waals surface area contributed by atoms with Gasteiger partial charge in [-0.3, -0.25) is 10.1 Å². The summed E-state index contributed by atoms with van der Waals surface area (Å²) in [7, 11) is 0. The summed E-state index contributed by atoms with van der Waals surface area (Å²) in [6.07, 6.45) is 4.47. The second-order valence-corrected chi connectivity index (χ2v) is 4.85. The highest BCUT2D eigenvalue weighted by atomic mass is 79.9. The van der Waals surface area contributed by atoms with Gasteiger partial charge in [-0.25, -0.2) is 4.98 Å². The van der Waals surface area contributed by atoms with E-state index < -0.39 is 0 Å². The molecule has 0 aliphatic rings. The van der Waals surface area contributed by atoms with Crippen LogP contribution in [0.3, 0.4) is 0 Å². The molecule has 0 atom stereocenters. The summed E-state index contributed by atoms with van der Waals surface area (Å²) < 4.78 is 5.67. The number of anilines is 1. The van der Waals surface area contributed by atoms with Crippen molar-refractivity contribution in [2.75, 3.05) is 5.32 Å². The predicted octanol–water partition coefficient (Wildman–Crippen LogP) is 2.75. The van der Waals surface area contributed by atoms with Crippen molar-refractivity contribution in [1.29, 1.82) is 0 Å². The molecule has 6 heteroatoms. The van der Waals surface area contributed by atoms with Crippen molar-refractivity contribution >= 4 is 38.3 Å². The standard InChI is InChI=1S/C8H5BrN2O2S/c9-6-3-10-8(14-6)11-7(12)5-1-2-13-4-5/h1-4H,(H,10,11,12). The van der Waals surface area contributed by atoms with Gasteiger partial charge < -0.3 is 4.42 Å². The van der Waals surface area contributed by atoms with E-state index >= 15 is 0 Å². The minimum absolute atomic E-state index is 0.222. The Balaban J connectivity index is 2.09. The highest BCUT2D eigenvalue weighted by Gasteiger charge is 2.08. The summed E-state index contributed by atoms with van der Waals surface area (Å²) in [4.78, 5) is 15.4. The second kappa shape index (κ2) is 3.93. The Hall–Kier alpha value is -1.14.